The highest BCUT2D eigenvalue weighted by molar-refractivity contribution is 9.10. The van der Waals surface area contributed by atoms with Gasteiger partial charge < -0.3 is 14.8 Å². The topological polar surface area (TPSA) is 30.5 Å². The summed E-state index contributed by atoms with van der Waals surface area (Å²) in [5.74, 6) is 0.865. The summed E-state index contributed by atoms with van der Waals surface area (Å²) in [6, 6.07) is 8.29. The molecule has 0 saturated carbocycles. The minimum Gasteiger partial charge on any atom is -0.490 e. The number of halogens is 1. The van der Waals surface area contributed by atoms with Gasteiger partial charge >= 0.3 is 0 Å². The first-order valence-corrected chi connectivity index (χ1v) is 6.27. The lowest BCUT2D eigenvalue weighted by molar-refractivity contribution is -0.0166. The van der Waals surface area contributed by atoms with E-state index >= 15 is 0 Å². The number of hydrogen-bond donors (Lipinski definition) is 1. The second-order valence-corrected chi connectivity index (χ2v) is 4.86. The molecule has 0 spiro atoms. The number of rotatable bonds is 3. The predicted octanol–water partition coefficient (Wildman–Crippen LogP) is 2.20. The molecule has 1 aromatic carbocycles. The molecule has 4 heteroatoms. The summed E-state index contributed by atoms with van der Waals surface area (Å²) in [5.41, 5.74) is 0. The summed E-state index contributed by atoms with van der Waals surface area (Å²) in [4.78, 5) is 0. The molecule has 2 unspecified atom stereocenters. The third-order valence-electron chi connectivity index (χ3n) is 2.54. The van der Waals surface area contributed by atoms with Gasteiger partial charge in [0.2, 0.25) is 0 Å². The van der Waals surface area contributed by atoms with Crippen LogP contribution < -0.4 is 10.1 Å². The van der Waals surface area contributed by atoms with Crippen molar-refractivity contribution in [2.45, 2.75) is 19.1 Å². The molecule has 1 aromatic rings. The molecule has 1 saturated heterocycles. The van der Waals surface area contributed by atoms with Crippen molar-refractivity contribution >= 4 is 15.9 Å². The summed E-state index contributed by atoms with van der Waals surface area (Å²) in [6.45, 7) is 4.31. The highest BCUT2D eigenvalue weighted by atomic mass is 79.9. The smallest absolute Gasteiger partial charge is 0.133 e. The normalized spacial score (nSPS) is 25.4. The van der Waals surface area contributed by atoms with Crippen LogP contribution in [-0.4, -0.2) is 31.9 Å². The van der Waals surface area contributed by atoms with Gasteiger partial charge in [-0.3, -0.25) is 0 Å². The number of benzene rings is 1. The maximum absolute atomic E-state index is 5.70. The van der Waals surface area contributed by atoms with E-state index in [9.17, 15) is 0 Å². The van der Waals surface area contributed by atoms with Crippen LogP contribution >= 0.6 is 15.9 Å². The van der Waals surface area contributed by atoms with E-state index in [0.717, 1.165) is 23.4 Å². The number of para-hydroxylation sites is 1. The summed E-state index contributed by atoms with van der Waals surface area (Å²) in [5, 5.41) is 3.37. The first-order chi connectivity index (χ1) is 7.75. The van der Waals surface area contributed by atoms with Gasteiger partial charge in [0.25, 0.3) is 0 Å². The SMILES string of the molecule is CC1COC(COc2ccccc2Br)CN1. The molecule has 2 rings (SSSR count). The van der Waals surface area contributed by atoms with Gasteiger partial charge in [-0.15, -0.1) is 0 Å². The average molecular weight is 286 g/mol. The van der Waals surface area contributed by atoms with E-state index in [-0.39, 0.29) is 6.10 Å². The van der Waals surface area contributed by atoms with Crippen LogP contribution in [0.1, 0.15) is 6.92 Å². The molecule has 1 aliphatic rings. The Morgan fingerprint density at radius 2 is 2.31 bits per heavy atom. The van der Waals surface area contributed by atoms with Crippen molar-refractivity contribution in [2.75, 3.05) is 19.8 Å². The fourth-order valence-electron chi connectivity index (χ4n) is 1.58. The van der Waals surface area contributed by atoms with Crippen LogP contribution in [0.4, 0.5) is 0 Å². The maximum atomic E-state index is 5.70. The third kappa shape index (κ3) is 3.20. The standard InChI is InChI=1S/C12H16BrNO2/c1-9-7-15-10(6-14-9)8-16-12-5-3-2-4-11(12)13/h2-5,9-10,14H,6-8H2,1H3. The Bertz CT molecular complexity index is 338. The lowest BCUT2D eigenvalue weighted by Crippen LogP contribution is -2.46. The zero-order chi connectivity index (χ0) is 11.4. The largest absolute Gasteiger partial charge is 0.490 e. The molecule has 16 heavy (non-hydrogen) atoms. The Morgan fingerprint density at radius 1 is 1.50 bits per heavy atom. The van der Waals surface area contributed by atoms with Crippen LogP contribution in [-0.2, 0) is 4.74 Å². The summed E-state index contributed by atoms with van der Waals surface area (Å²) < 4.78 is 12.3. The Balaban J connectivity index is 1.81. The molecule has 1 heterocycles. The zero-order valence-electron chi connectivity index (χ0n) is 9.28. The second kappa shape index (κ2) is 5.66. The van der Waals surface area contributed by atoms with E-state index in [0.29, 0.717) is 12.6 Å². The molecule has 3 nitrogen and oxygen atoms in total. The predicted molar refractivity (Wildman–Crippen MR) is 66.8 cm³/mol. The van der Waals surface area contributed by atoms with Crippen molar-refractivity contribution in [3.8, 4) is 5.75 Å². The van der Waals surface area contributed by atoms with E-state index < -0.39 is 0 Å². The fourth-order valence-corrected chi connectivity index (χ4v) is 1.98. The molecule has 0 amide bonds. The lowest BCUT2D eigenvalue weighted by atomic mass is 10.2. The first kappa shape index (κ1) is 11.9. The van der Waals surface area contributed by atoms with E-state index in [1.807, 2.05) is 24.3 Å². The number of hydrogen-bond acceptors (Lipinski definition) is 3. The van der Waals surface area contributed by atoms with Crippen molar-refractivity contribution in [3.63, 3.8) is 0 Å². The van der Waals surface area contributed by atoms with Gasteiger partial charge in [0.05, 0.1) is 11.1 Å². The minimum atomic E-state index is 0.142. The molecule has 0 radical (unpaired) electrons. The molecule has 0 aliphatic carbocycles. The van der Waals surface area contributed by atoms with Crippen LogP contribution in [0.25, 0.3) is 0 Å². The Labute approximate surface area is 104 Å². The van der Waals surface area contributed by atoms with Crippen LogP contribution in [0.3, 0.4) is 0 Å². The maximum Gasteiger partial charge on any atom is 0.133 e. The fraction of sp³-hybridized carbons (Fsp3) is 0.500. The molecule has 88 valence electrons. The van der Waals surface area contributed by atoms with Gasteiger partial charge in [-0.25, -0.2) is 0 Å². The highest BCUT2D eigenvalue weighted by Gasteiger charge is 2.18. The van der Waals surface area contributed by atoms with Gasteiger partial charge in [-0.1, -0.05) is 12.1 Å². The molecule has 0 aromatic heterocycles. The molecule has 1 N–H and O–H groups in total. The van der Waals surface area contributed by atoms with Crippen molar-refractivity contribution < 1.29 is 9.47 Å². The number of nitrogens with one attached hydrogen (secondary N) is 1. The van der Waals surface area contributed by atoms with Crippen LogP contribution in [0, 0.1) is 0 Å². The molecule has 1 fully saturated rings. The number of morpholine rings is 1. The van der Waals surface area contributed by atoms with Gasteiger partial charge in [0.15, 0.2) is 0 Å². The Kier molecular flexibility index (Phi) is 4.21. The molecule has 1 aliphatic heterocycles. The minimum absolute atomic E-state index is 0.142. The van der Waals surface area contributed by atoms with Gasteiger partial charge in [-0.05, 0) is 35.0 Å². The summed E-state index contributed by atoms with van der Waals surface area (Å²) in [6.07, 6.45) is 0.142. The lowest BCUT2D eigenvalue weighted by Gasteiger charge is -2.28. The van der Waals surface area contributed by atoms with Crippen molar-refractivity contribution in [1.82, 2.24) is 5.32 Å². The van der Waals surface area contributed by atoms with Gasteiger partial charge in [-0.2, -0.15) is 0 Å². The van der Waals surface area contributed by atoms with Crippen molar-refractivity contribution in [2.24, 2.45) is 0 Å². The molecular weight excluding hydrogens is 270 g/mol. The van der Waals surface area contributed by atoms with Crippen LogP contribution in [0.5, 0.6) is 5.75 Å². The second-order valence-electron chi connectivity index (χ2n) is 4.01. The van der Waals surface area contributed by atoms with Crippen molar-refractivity contribution in [3.05, 3.63) is 28.7 Å². The zero-order valence-corrected chi connectivity index (χ0v) is 10.9. The van der Waals surface area contributed by atoms with E-state index in [4.69, 9.17) is 9.47 Å². The third-order valence-corrected chi connectivity index (χ3v) is 3.19. The van der Waals surface area contributed by atoms with Gasteiger partial charge in [0.1, 0.15) is 18.5 Å². The molecule has 2 atom stereocenters. The van der Waals surface area contributed by atoms with Crippen molar-refractivity contribution in [1.29, 1.82) is 0 Å². The van der Waals surface area contributed by atoms with E-state index in [2.05, 4.69) is 28.2 Å². The highest BCUT2D eigenvalue weighted by Crippen LogP contribution is 2.24. The summed E-state index contributed by atoms with van der Waals surface area (Å²) in [7, 11) is 0. The first-order valence-electron chi connectivity index (χ1n) is 5.48. The van der Waals surface area contributed by atoms with Gasteiger partial charge in [0, 0.05) is 12.6 Å². The van der Waals surface area contributed by atoms with E-state index in [1.165, 1.54) is 0 Å². The Hall–Kier alpha value is -0.580. The Morgan fingerprint density at radius 3 is 3.00 bits per heavy atom. The monoisotopic (exact) mass is 285 g/mol. The molecule has 0 bridgehead atoms. The summed E-state index contributed by atoms with van der Waals surface area (Å²) >= 11 is 3.45. The van der Waals surface area contributed by atoms with Crippen LogP contribution in [0.15, 0.2) is 28.7 Å². The average Bonchev–Trinajstić information content (AvgIpc) is 2.30. The molecular formula is C12H16BrNO2. The quantitative estimate of drug-likeness (QED) is 0.924. The van der Waals surface area contributed by atoms with E-state index in [1.54, 1.807) is 0 Å². The van der Waals surface area contributed by atoms with Crippen LogP contribution in [0.2, 0.25) is 0 Å². The number of ether oxygens (including phenoxy) is 2.